The van der Waals surface area contributed by atoms with Gasteiger partial charge in [0.15, 0.2) is 0 Å². The molecule has 4 N–H and O–H groups in total. The van der Waals surface area contributed by atoms with Crippen LogP contribution in [0.2, 0.25) is 0 Å². The van der Waals surface area contributed by atoms with Gasteiger partial charge in [-0.25, -0.2) is 0 Å². The summed E-state index contributed by atoms with van der Waals surface area (Å²) in [5, 5.41) is 17.2. The lowest BCUT2D eigenvalue weighted by molar-refractivity contribution is -0.141. The Morgan fingerprint density at radius 3 is 2.24 bits per heavy atom. The van der Waals surface area contributed by atoms with Crippen molar-refractivity contribution in [3.63, 3.8) is 0 Å². The summed E-state index contributed by atoms with van der Waals surface area (Å²) in [6.45, 7) is 1.61. The number of carboxylic acid groups (broad SMARTS) is 1. The molecule has 0 fully saturated rings. The molecule has 1 aromatic heterocycles. The first-order chi connectivity index (χ1) is 11.9. The van der Waals surface area contributed by atoms with E-state index in [1.807, 2.05) is 0 Å². The van der Waals surface area contributed by atoms with Crippen molar-refractivity contribution < 1.29 is 23.9 Å². The number of anilines is 2. The zero-order valence-electron chi connectivity index (χ0n) is 13.6. The van der Waals surface area contributed by atoms with E-state index >= 15 is 0 Å². The van der Waals surface area contributed by atoms with Crippen molar-refractivity contribution in [3.05, 3.63) is 48.4 Å². The first-order valence-corrected chi connectivity index (χ1v) is 7.60. The van der Waals surface area contributed by atoms with E-state index in [2.05, 4.69) is 16.0 Å². The minimum absolute atomic E-state index is 0.191. The lowest BCUT2D eigenvalue weighted by Crippen LogP contribution is -2.39. The molecule has 0 saturated carbocycles. The molecule has 0 aliphatic rings. The van der Waals surface area contributed by atoms with E-state index in [0.717, 1.165) is 0 Å². The lowest BCUT2D eigenvalue weighted by Gasteiger charge is -2.14. The molecule has 0 aliphatic heterocycles. The maximum atomic E-state index is 12.0. The minimum Gasteiger partial charge on any atom is -0.480 e. The van der Waals surface area contributed by atoms with E-state index in [0.29, 0.717) is 17.1 Å². The SMILES string of the molecule is CC(=O)Nc1ccc(NC(=O)C[C@@H](NCc2ccco2)C(=O)O)cc1. The molecule has 1 heterocycles. The normalized spacial score (nSPS) is 11.6. The quantitative estimate of drug-likeness (QED) is 0.579. The molecule has 0 bridgehead atoms. The summed E-state index contributed by atoms with van der Waals surface area (Å²) in [6.07, 6.45) is 1.26. The average Bonchev–Trinajstić information content (AvgIpc) is 3.06. The topological polar surface area (TPSA) is 121 Å². The van der Waals surface area contributed by atoms with Crippen molar-refractivity contribution in [2.45, 2.75) is 25.9 Å². The van der Waals surface area contributed by atoms with Crippen molar-refractivity contribution in [1.82, 2.24) is 5.32 Å². The van der Waals surface area contributed by atoms with Crippen molar-refractivity contribution >= 4 is 29.2 Å². The standard InChI is InChI=1S/C17H19N3O5/c1-11(21)19-12-4-6-13(7-5-12)20-16(22)9-15(17(23)24)18-10-14-3-2-8-25-14/h2-8,15,18H,9-10H2,1H3,(H,19,21)(H,20,22)(H,23,24)/t15-/m1/s1. The molecule has 0 spiro atoms. The second-order valence-electron chi connectivity index (χ2n) is 5.36. The molecule has 1 aromatic carbocycles. The highest BCUT2D eigenvalue weighted by molar-refractivity contribution is 5.94. The smallest absolute Gasteiger partial charge is 0.321 e. The number of hydrogen-bond acceptors (Lipinski definition) is 5. The molecule has 2 aromatic rings. The third-order valence-electron chi connectivity index (χ3n) is 3.28. The van der Waals surface area contributed by atoms with Gasteiger partial charge in [-0.3, -0.25) is 19.7 Å². The fourth-order valence-electron chi connectivity index (χ4n) is 2.12. The number of hydrogen-bond donors (Lipinski definition) is 4. The van der Waals surface area contributed by atoms with Crippen LogP contribution in [0.25, 0.3) is 0 Å². The first-order valence-electron chi connectivity index (χ1n) is 7.60. The number of furan rings is 1. The Hall–Kier alpha value is -3.13. The first kappa shape index (κ1) is 18.2. The Kier molecular flexibility index (Phi) is 6.30. The molecule has 2 amide bonds. The van der Waals surface area contributed by atoms with Crippen LogP contribution in [-0.2, 0) is 20.9 Å². The Morgan fingerprint density at radius 1 is 1.08 bits per heavy atom. The number of amides is 2. The predicted octanol–water partition coefficient (Wildman–Crippen LogP) is 1.81. The maximum Gasteiger partial charge on any atom is 0.321 e. The second-order valence-corrected chi connectivity index (χ2v) is 5.36. The van der Waals surface area contributed by atoms with E-state index in [4.69, 9.17) is 4.42 Å². The molecule has 132 valence electrons. The van der Waals surface area contributed by atoms with Crippen LogP contribution in [0, 0.1) is 0 Å². The highest BCUT2D eigenvalue weighted by Crippen LogP contribution is 2.14. The van der Waals surface area contributed by atoms with E-state index in [1.165, 1.54) is 13.2 Å². The van der Waals surface area contributed by atoms with Gasteiger partial charge in [0.2, 0.25) is 11.8 Å². The van der Waals surface area contributed by atoms with Crippen LogP contribution >= 0.6 is 0 Å². The molecule has 0 radical (unpaired) electrons. The zero-order chi connectivity index (χ0) is 18.2. The highest BCUT2D eigenvalue weighted by Gasteiger charge is 2.21. The second kappa shape index (κ2) is 8.65. The van der Waals surface area contributed by atoms with Crippen LogP contribution in [0.15, 0.2) is 47.1 Å². The molecule has 0 saturated heterocycles. The fourth-order valence-corrected chi connectivity index (χ4v) is 2.12. The largest absolute Gasteiger partial charge is 0.480 e. The minimum atomic E-state index is -1.12. The monoisotopic (exact) mass is 345 g/mol. The Bertz CT molecular complexity index is 725. The van der Waals surface area contributed by atoms with Crippen LogP contribution in [0.4, 0.5) is 11.4 Å². The molecule has 0 aliphatic carbocycles. The van der Waals surface area contributed by atoms with Gasteiger partial charge in [-0.2, -0.15) is 0 Å². The van der Waals surface area contributed by atoms with E-state index in [-0.39, 0.29) is 18.9 Å². The van der Waals surface area contributed by atoms with Crippen molar-refractivity contribution in [2.24, 2.45) is 0 Å². The molecule has 8 nitrogen and oxygen atoms in total. The summed E-state index contributed by atoms with van der Waals surface area (Å²) in [5.41, 5.74) is 1.11. The number of nitrogens with one attached hydrogen (secondary N) is 3. The van der Waals surface area contributed by atoms with Crippen molar-refractivity contribution in [3.8, 4) is 0 Å². The number of carbonyl (C=O) groups is 3. The molecule has 8 heteroatoms. The summed E-state index contributed by atoms with van der Waals surface area (Å²) in [5.74, 6) is -1.17. The Labute approximate surface area is 144 Å². The van der Waals surface area contributed by atoms with Crippen LogP contribution in [-0.4, -0.2) is 28.9 Å². The molecular weight excluding hydrogens is 326 g/mol. The number of benzene rings is 1. The number of carboxylic acids is 1. The zero-order valence-corrected chi connectivity index (χ0v) is 13.6. The fraction of sp³-hybridized carbons (Fsp3) is 0.235. The van der Waals surface area contributed by atoms with E-state index in [9.17, 15) is 19.5 Å². The van der Waals surface area contributed by atoms with Gasteiger partial charge in [-0.05, 0) is 36.4 Å². The molecular formula is C17H19N3O5. The van der Waals surface area contributed by atoms with Gasteiger partial charge in [0.05, 0.1) is 19.2 Å². The van der Waals surface area contributed by atoms with Crippen molar-refractivity contribution in [2.75, 3.05) is 10.6 Å². The average molecular weight is 345 g/mol. The third kappa shape index (κ3) is 6.11. The molecule has 25 heavy (non-hydrogen) atoms. The van der Waals surface area contributed by atoms with Gasteiger partial charge < -0.3 is 20.2 Å². The summed E-state index contributed by atoms with van der Waals surface area (Å²) in [7, 11) is 0. The number of aliphatic carboxylic acids is 1. The lowest BCUT2D eigenvalue weighted by atomic mass is 10.2. The third-order valence-corrected chi connectivity index (χ3v) is 3.28. The van der Waals surface area contributed by atoms with Crippen LogP contribution in [0.1, 0.15) is 19.1 Å². The summed E-state index contributed by atoms with van der Waals surface area (Å²) in [4.78, 5) is 34.3. The van der Waals surface area contributed by atoms with Crippen LogP contribution in [0.5, 0.6) is 0 Å². The Balaban J connectivity index is 1.87. The maximum absolute atomic E-state index is 12.0. The number of rotatable bonds is 8. The van der Waals surface area contributed by atoms with E-state index in [1.54, 1.807) is 36.4 Å². The van der Waals surface area contributed by atoms with Gasteiger partial charge in [0.25, 0.3) is 0 Å². The molecule has 2 rings (SSSR count). The predicted molar refractivity (Wildman–Crippen MR) is 91.0 cm³/mol. The van der Waals surface area contributed by atoms with Crippen LogP contribution in [0.3, 0.4) is 0 Å². The van der Waals surface area contributed by atoms with Crippen molar-refractivity contribution in [1.29, 1.82) is 0 Å². The van der Waals surface area contributed by atoms with Crippen LogP contribution < -0.4 is 16.0 Å². The Morgan fingerprint density at radius 2 is 1.72 bits per heavy atom. The summed E-state index contributed by atoms with van der Waals surface area (Å²) >= 11 is 0. The highest BCUT2D eigenvalue weighted by atomic mass is 16.4. The summed E-state index contributed by atoms with van der Waals surface area (Å²) < 4.78 is 5.12. The van der Waals surface area contributed by atoms with Gasteiger partial charge in [0, 0.05) is 18.3 Å². The van der Waals surface area contributed by atoms with Gasteiger partial charge in [0.1, 0.15) is 11.8 Å². The number of carbonyl (C=O) groups excluding carboxylic acids is 2. The van der Waals surface area contributed by atoms with E-state index < -0.39 is 17.9 Å². The van der Waals surface area contributed by atoms with Gasteiger partial charge in [-0.1, -0.05) is 0 Å². The molecule has 0 unspecified atom stereocenters. The molecule has 1 atom stereocenters. The summed E-state index contributed by atoms with van der Waals surface area (Å²) in [6, 6.07) is 8.89. The van der Waals surface area contributed by atoms with Gasteiger partial charge in [-0.15, -0.1) is 0 Å². The van der Waals surface area contributed by atoms with Gasteiger partial charge >= 0.3 is 5.97 Å².